The highest BCUT2D eigenvalue weighted by Crippen LogP contribution is 2.05. The van der Waals surface area contributed by atoms with E-state index in [-0.39, 0.29) is 36.9 Å². The zero-order valence-electron chi connectivity index (χ0n) is 11.4. The van der Waals surface area contributed by atoms with E-state index < -0.39 is 0 Å². The first-order valence-corrected chi connectivity index (χ1v) is 6.86. The minimum atomic E-state index is -0.351. The summed E-state index contributed by atoms with van der Waals surface area (Å²) in [5, 5.41) is 5.62. The van der Waals surface area contributed by atoms with Gasteiger partial charge in [-0.2, -0.15) is 0 Å². The molecule has 2 aliphatic rings. The minimum Gasteiger partial charge on any atom is -0.369 e. The molecule has 1 unspecified atom stereocenters. The van der Waals surface area contributed by atoms with Crippen molar-refractivity contribution in [3.63, 3.8) is 0 Å². The Labute approximate surface area is 117 Å². The Balaban J connectivity index is 1.85. The monoisotopic (exact) mass is 283 g/mol. The van der Waals surface area contributed by atoms with Crippen LogP contribution < -0.4 is 16.4 Å². The molecule has 0 radical (unpaired) electrons. The van der Waals surface area contributed by atoms with Gasteiger partial charge < -0.3 is 16.0 Å². The SMILES string of the molecule is NC(=O)CN1CCCN(C(=O)C2CNC(=O)CN2)CC1. The van der Waals surface area contributed by atoms with Gasteiger partial charge in [-0.1, -0.05) is 0 Å². The van der Waals surface area contributed by atoms with Crippen LogP contribution in [0.25, 0.3) is 0 Å². The van der Waals surface area contributed by atoms with Gasteiger partial charge in [-0.15, -0.1) is 0 Å². The van der Waals surface area contributed by atoms with Crippen molar-refractivity contribution in [3.8, 4) is 0 Å². The van der Waals surface area contributed by atoms with Crippen LogP contribution in [0.4, 0.5) is 0 Å². The number of piperazine rings is 1. The van der Waals surface area contributed by atoms with Gasteiger partial charge in [0.15, 0.2) is 0 Å². The third-order valence-corrected chi connectivity index (χ3v) is 3.59. The number of primary amides is 1. The van der Waals surface area contributed by atoms with Crippen molar-refractivity contribution >= 4 is 17.7 Å². The first-order chi connectivity index (χ1) is 9.56. The number of hydrogen-bond acceptors (Lipinski definition) is 5. The molecular formula is C12H21N5O3. The molecule has 2 heterocycles. The van der Waals surface area contributed by atoms with Crippen molar-refractivity contribution in [2.24, 2.45) is 5.73 Å². The average Bonchev–Trinajstić information content (AvgIpc) is 2.64. The van der Waals surface area contributed by atoms with Crippen LogP contribution in [-0.4, -0.2) is 79.4 Å². The topological polar surface area (TPSA) is 108 Å². The Hall–Kier alpha value is -1.67. The summed E-state index contributed by atoms with van der Waals surface area (Å²) in [6.07, 6.45) is 0.818. The molecule has 8 heteroatoms. The van der Waals surface area contributed by atoms with Crippen LogP contribution in [0.5, 0.6) is 0 Å². The molecule has 0 bridgehead atoms. The number of nitrogens with one attached hydrogen (secondary N) is 2. The van der Waals surface area contributed by atoms with Crippen molar-refractivity contribution in [2.45, 2.75) is 12.5 Å². The summed E-state index contributed by atoms with van der Waals surface area (Å²) in [6, 6.07) is -0.351. The summed E-state index contributed by atoms with van der Waals surface area (Å²) in [6.45, 7) is 3.41. The van der Waals surface area contributed by atoms with Gasteiger partial charge in [0.05, 0.1) is 13.1 Å². The number of nitrogens with zero attached hydrogens (tertiary/aromatic N) is 2. The Morgan fingerprint density at radius 1 is 1.25 bits per heavy atom. The van der Waals surface area contributed by atoms with Gasteiger partial charge in [-0.3, -0.25) is 24.6 Å². The summed E-state index contributed by atoms with van der Waals surface area (Å²) in [5.74, 6) is -0.426. The Kier molecular flexibility index (Phi) is 4.91. The van der Waals surface area contributed by atoms with E-state index in [1.165, 1.54) is 0 Å². The second-order valence-corrected chi connectivity index (χ2v) is 5.16. The van der Waals surface area contributed by atoms with Gasteiger partial charge >= 0.3 is 0 Å². The molecule has 1 atom stereocenters. The standard InChI is InChI=1S/C12H21N5O3/c13-10(18)8-16-2-1-3-17(5-4-16)12(20)9-6-15-11(19)7-14-9/h9,14H,1-8H2,(H2,13,18)(H,15,19). The van der Waals surface area contributed by atoms with Crippen LogP contribution in [0.1, 0.15) is 6.42 Å². The van der Waals surface area contributed by atoms with Crippen LogP contribution in [0.3, 0.4) is 0 Å². The van der Waals surface area contributed by atoms with Crippen molar-refractivity contribution in [3.05, 3.63) is 0 Å². The van der Waals surface area contributed by atoms with E-state index in [0.717, 1.165) is 13.0 Å². The molecule has 4 N–H and O–H groups in total. The lowest BCUT2D eigenvalue weighted by Crippen LogP contribution is -2.59. The number of rotatable bonds is 3. The molecule has 20 heavy (non-hydrogen) atoms. The van der Waals surface area contributed by atoms with E-state index >= 15 is 0 Å². The molecule has 112 valence electrons. The first kappa shape index (κ1) is 14.7. The highest BCUT2D eigenvalue weighted by Gasteiger charge is 2.29. The molecule has 2 aliphatic heterocycles. The number of nitrogens with two attached hydrogens (primary N) is 1. The maximum absolute atomic E-state index is 12.3. The molecule has 0 aromatic heterocycles. The first-order valence-electron chi connectivity index (χ1n) is 6.86. The van der Waals surface area contributed by atoms with Crippen molar-refractivity contribution in [1.82, 2.24) is 20.4 Å². The number of carbonyl (C=O) groups is 3. The van der Waals surface area contributed by atoms with Crippen LogP contribution >= 0.6 is 0 Å². The second-order valence-electron chi connectivity index (χ2n) is 5.16. The highest BCUT2D eigenvalue weighted by atomic mass is 16.2. The smallest absolute Gasteiger partial charge is 0.241 e. The van der Waals surface area contributed by atoms with Gasteiger partial charge in [-0.05, 0) is 6.42 Å². The Morgan fingerprint density at radius 3 is 2.70 bits per heavy atom. The minimum absolute atomic E-state index is 0.00549. The maximum Gasteiger partial charge on any atom is 0.241 e. The zero-order valence-corrected chi connectivity index (χ0v) is 11.4. The summed E-state index contributed by atoms with van der Waals surface area (Å²) >= 11 is 0. The van der Waals surface area contributed by atoms with Gasteiger partial charge in [0.25, 0.3) is 0 Å². The average molecular weight is 283 g/mol. The largest absolute Gasteiger partial charge is 0.369 e. The van der Waals surface area contributed by atoms with Crippen LogP contribution in [-0.2, 0) is 14.4 Å². The summed E-state index contributed by atoms with van der Waals surface area (Å²) < 4.78 is 0. The fourth-order valence-electron chi connectivity index (χ4n) is 2.53. The Morgan fingerprint density at radius 2 is 2.05 bits per heavy atom. The number of carbonyl (C=O) groups excluding carboxylic acids is 3. The van der Waals surface area contributed by atoms with Crippen LogP contribution in [0.15, 0.2) is 0 Å². The third-order valence-electron chi connectivity index (χ3n) is 3.59. The van der Waals surface area contributed by atoms with Gasteiger partial charge in [-0.25, -0.2) is 0 Å². The van der Waals surface area contributed by atoms with E-state index in [2.05, 4.69) is 10.6 Å². The lowest BCUT2D eigenvalue weighted by Gasteiger charge is -2.29. The molecule has 0 spiro atoms. The zero-order chi connectivity index (χ0) is 14.5. The van der Waals surface area contributed by atoms with Crippen molar-refractivity contribution in [2.75, 3.05) is 45.8 Å². The molecule has 2 rings (SSSR count). The van der Waals surface area contributed by atoms with E-state index in [0.29, 0.717) is 26.2 Å². The normalized spacial score (nSPS) is 24.9. The van der Waals surface area contributed by atoms with E-state index in [4.69, 9.17) is 5.73 Å². The quantitative estimate of drug-likeness (QED) is 0.515. The van der Waals surface area contributed by atoms with Gasteiger partial charge in [0, 0.05) is 32.7 Å². The summed E-state index contributed by atoms with van der Waals surface area (Å²) in [5.41, 5.74) is 5.19. The summed E-state index contributed by atoms with van der Waals surface area (Å²) in [4.78, 5) is 38.1. The van der Waals surface area contributed by atoms with Crippen molar-refractivity contribution in [1.29, 1.82) is 0 Å². The third kappa shape index (κ3) is 3.91. The van der Waals surface area contributed by atoms with E-state index in [1.54, 1.807) is 4.90 Å². The lowest BCUT2D eigenvalue weighted by atomic mass is 10.2. The van der Waals surface area contributed by atoms with E-state index in [1.807, 2.05) is 4.90 Å². The molecule has 0 aliphatic carbocycles. The predicted molar refractivity (Wildman–Crippen MR) is 71.6 cm³/mol. The second kappa shape index (κ2) is 6.67. The molecule has 3 amide bonds. The predicted octanol–water partition coefficient (Wildman–Crippen LogP) is -2.91. The lowest BCUT2D eigenvalue weighted by molar-refractivity contribution is -0.134. The van der Waals surface area contributed by atoms with Gasteiger partial charge in [0.1, 0.15) is 6.04 Å². The molecule has 0 aromatic carbocycles. The van der Waals surface area contributed by atoms with Crippen molar-refractivity contribution < 1.29 is 14.4 Å². The molecule has 8 nitrogen and oxygen atoms in total. The maximum atomic E-state index is 12.3. The fourth-order valence-corrected chi connectivity index (χ4v) is 2.53. The Bertz CT molecular complexity index is 391. The molecule has 2 saturated heterocycles. The number of amides is 3. The van der Waals surface area contributed by atoms with Crippen LogP contribution in [0, 0.1) is 0 Å². The molecule has 0 aromatic rings. The van der Waals surface area contributed by atoms with E-state index in [9.17, 15) is 14.4 Å². The molecule has 2 fully saturated rings. The highest BCUT2D eigenvalue weighted by molar-refractivity contribution is 5.86. The number of hydrogen-bond donors (Lipinski definition) is 3. The molecular weight excluding hydrogens is 262 g/mol. The van der Waals surface area contributed by atoms with Crippen LogP contribution in [0.2, 0.25) is 0 Å². The molecule has 0 saturated carbocycles. The summed E-state index contributed by atoms with van der Waals surface area (Å²) in [7, 11) is 0. The fraction of sp³-hybridized carbons (Fsp3) is 0.750. The van der Waals surface area contributed by atoms with Gasteiger partial charge in [0.2, 0.25) is 17.7 Å².